The van der Waals surface area contributed by atoms with E-state index in [1.165, 1.54) is 6.92 Å². The maximum Gasteiger partial charge on any atom is 0.344 e. The fourth-order valence-electron chi connectivity index (χ4n) is 3.70. The number of rotatable bonds is 5. The summed E-state index contributed by atoms with van der Waals surface area (Å²) in [6, 6.07) is 7.16. The summed E-state index contributed by atoms with van der Waals surface area (Å²) >= 11 is 5.81. The number of likely N-dealkylation sites (N-methyl/N-ethyl adjacent to an activating group) is 1. The molecular formula is C18H22ClNO5. The van der Waals surface area contributed by atoms with Gasteiger partial charge in [-0.1, -0.05) is 11.6 Å². The highest BCUT2D eigenvalue weighted by Gasteiger charge is 2.47. The van der Waals surface area contributed by atoms with Crippen LogP contribution in [0.15, 0.2) is 24.3 Å². The summed E-state index contributed by atoms with van der Waals surface area (Å²) in [5.41, 5.74) is 0. The first-order chi connectivity index (χ1) is 11.9. The molecule has 0 amide bonds. The molecule has 25 heavy (non-hydrogen) atoms. The van der Waals surface area contributed by atoms with Crippen LogP contribution >= 0.6 is 11.6 Å². The van der Waals surface area contributed by atoms with Crippen molar-refractivity contribution in [1.29, 1.82) is 0 Å². The molecule has 0 spiro atoms. The Kier molecular flexibility index (Phi) is 5.49. The maximum atomic E-state index is 12.1. The van der Waals surface area contributed by atoms with Crippen LogP contribution < -0.4 is 4.74 Å². The second-order valence-electron chi connectivity index (χ2n) is 6.60. The van der Waals surface area contributed by atoms with Crippen LogP contribution in [0.4, 0.5) is 0 Å². The summed E-state index contributed by atoms with van der Waals surface area (Å²) in [7, 11) is 2.03. The predicted octanol–water partition coefficient (Wildman–Crippen LogP) is 2.43. The molecule has 3 rings (SSSR count). The van der Waals surface area contributed by atoms with E-state index in [1.54, 1.807) is 24.3 Å². The first-order valence-electron chi connectivity index (χ1n) is 8.39. The Bertz CT molecular complexity index is 635. The van der Waals surface area contributed by atoms with Crippen molar-refractivity contribution in [2.24, 2.45) is 0 Å². The summed E-state index contributed by atoms with van der Waals surface area (Å²) in [6.45, 7) is 1.28. The normalized spacial score (nSPS) is 28.4. The van der Waals surface area contributed by atoms with Gasteiger partial charge >= 0.3 is 11.9 Å². The van der Waals surface area contributed by atoms with Crippen LogP contribution in [0.5, 0.6) is 5.75 Å². The molecule has 2 heterocycles. The van der Waals surface area contributed by atoms with Gasteiger partial charge in [-0.25, -0.2) is 4.79 Å². The minimum atomic E-state index is -0.395. The average Bonchev–Trinajstić information content (AvgIpc) is 2.72. The van der Waals surface area contributed by atoms with E-state index in [0.29, 0.717) is 17.2 Å². The minimum Gasteiger partial charge on any atom is -0.482 e. The smallest absolute Gasteiger partial charge is 0.344 e. The van der Waals surface area contributed by atoms with Crippen LogP contribution in [0.1, 0.15) is 26.2 Å². The number of halogens is 1. The van der Waals surface area contributed by atoms with Crippen LogP contribution in [0.3, 0.4) is 0 Å². The lowest BCUT2D eigenvalue weighted by molar-refractivity contribution is -0.157. The SMILES string of the molecule is CC(=O)OC1CC2CC(OC(=O)COc3ccc(Cl)cc3)CC1N2C. The highest BCUT2D eigenvalue weighted by molar-refractivity contribution is 6.30. The zero-order chi connectivity index (χ0) is 18.0. The summed E-state index contributed by atoms with van der Waals surface area (Å²) in [6.07, 6.45) is 1.90. The van der Waals surface area contributed by atoms with Gasteiger partial charge in [0.2, 0.25) is 0 Å². The molecular weight excluding hydrogens is 346 g/mol. The molecule has 2 aliphatic heterocycles. The van der Waals surface area contributed by atoms with Gasteiger partial charge in [0.1, 0.15) is 18.0 Å². The second-order valence-corrected chi connectivity index (χ2v) is 7.03. The van der Waals surface area contributed by atoms with Crippen LogP contribution in [0, 0.1) is 0 Å². The molecule has 1 aromatic rings. The Morgan fingerprint density at radius 3 is 2.56 bits per heavy atom. The van der Waals surface area contributed by atoms with E-state index in [0.717, 1.165) is 12.8 Å². The van der Waals surface area contributed by atoms with Gasteiger partial charge in [0, 0.05) is 37.3 Å². The molecule has 0 radical (unpaired) electrons. The summed E-state index contributed by atoms with van der Waals surface area (Å²) < 4.78 is 16.4. The average molecular weight is 368 g/mol. The number of hydrogen-bond donors (Lipinski definition) is 0. The van der Waals surface area contributed by atoms with Gasteiger partial charge < -0.3 is 14.2 Å². The van der Waals surface area contributed by atoms with Crippen LogP contribution in [0.2, 0.25) is 5.02 Å². The Morgan fingerprint density at radius 2 is 1.88 bits per heavy atom. The number of ether oxygens (including phenoxy) is 3. The number of fused-ring (bicyclic) bond motifs is 2. The largest absolute Gasteiger partial charge is 0.482 e. The molecule has 136 valence electrons. The fourth-order valence-corrected chi connectivity index (χ4v) is 3.83. The number of carbonyl (C=O) groups is 2. The van der Waals surface area contributed by atoms with E-state index in [-0.39, 0.29) is 36.9 Å². The number of benzene rings is 1. The van der Waals surface area contributed by atoms with Crippen LogP contribution in [-0.2, 0) is 19.1 Å². The van der Waals surface area contributed by atoms with E-state index in [9.17, 15) is 9.59 Å². The highest BCUT2D eigenvalue weighted by atomic mass is 35.5. The third-order valence-electron chi connectivity index (χ3n) is 4.86. The summed E-state index contributed by atoms with van der Waals surface area (Å²) in [5.74, 6) is -0.0940. The Morgan fingerprint density at radius 1 is 1.16 bits per heavy atom. The highest BCUT2D eigenvalue weighted by Crippen LogP contribution is 2.37. The van der Waals surface area contributed by atoms with Gasteiger partial charge in [0.15, 0.2) is 6.61 Å². The van der Waals surface area contributed by atoms with Gasteiger partial charge in [-0.3, -0.25) is 9.69 Å². The van der Waals surface area contributed by atoms with E-state index in [2.05, 4.69) is 4.90 Å². The van der Waals surface area contributed by atoms with E-state index >= 15 is 0 Å². The molecule has 1 aromatic carbocycles. The summed E-state index contributed by atoms with van der Waals surface area (Å²) in [4.78, 5) is 25.5. The molecule has 2 aliphatic rings. The number of carbonyl (C=O) groups excluding carboxylic acids is 2. The van der Waals surface area contributed by atoms with Gasteiger partial charge in [-0.15, -0.1) is 0 Å². The van der Waals surface area contributed by atoms with Gasteiger partial charge in [-0.05, 0) is 31.3 Å². The van der Waals surface area contributed by atoms with Crippen molar-refractivity contribution in [3.05, 3.63) is 29.3 Å². The summed E-state index contributed by atoms with van der Waals surface area (Å²) in [5, 5.41) is 0.610. The van der Waals surface area contributed by atoms with Crippen molar-refractivity contribution in [2.75, 3.05) is 13.7 Å². The Labute approximate surface area is 152 Å². The van der Waals surface area contributed by atoms with Crippen molar-refractivity contribution in [2.45, 2.75) is 50.5 Å². The van der Waals surface area contributed by atoms with Crippen LogP contribution in [0.25, 0.3) is 0 Å². The third kappa shape index (κ3) is 4.44. The molecule has 6 nitrogen and oxygen atoms in total. The number of piperidine rings is 1. The quantitative estimate of drug-likeness (QED) is 0.745. The van der Waals surface area contributed by atoms with Gasteiger partial charge in [-0.2, -0.15) is 0 Å². The second kappa shape index (κ2) is 7.62. The van der Waals surface area contributed by atoms with E-state index in [4.69, 9.17) is 25.8 Å². The molecule has 0 aromatic heterocycles. The van der Waals surface area contributed by atoms with Crippen molar-refractivity contribution in [1.82, 2.24) is 4.90 Å². The lowest BCUT2D eigenvalue weighted by atomic mass is 10.0. The molecule has 4 atom stereocenters. The number of nitrogens with zero attached hydrogens (tertiary/aromatic N) is 1. The molecule has 0 saturated carbocycles. The predicted molar refractivity (Wildman–Crippen MR) is 91.6 cm³/mol. The van der Waals surface area contributed by atoms with Gasteiger partial charge in [0.05, 0.1) is 6.04 Å². The van der Waals surface area contributed by atoms with Crippen LogP contribution in [-0.4, -0.2) is 54.8 Å². The maximum absolute atomic E-state index is 12.1. The Balaban J connectivity index is 1.49. The van der Waals surface area contributed by atoms with E-state index < -0.39 is 5.97 Å². The first kappa shape index (κ1) is 18.0. The molecule has 2 saturated heterocycles. The fraction of sp³-hybridized carbons (Fsp3) is 0.556. The van der Waals surface area contributed by atoms with Crippen molar-refractivity contribution < 1.29 is 23.8 Å². The van der Waals surface area contributed by atoms with Crippen molar-refractivity contribution in [3.63, 3.8) is 0 Å². The first-order valence-corrected chi connectivity index (χ1v) is 8.77. The van der Waals surface area contributed by atoms with E-state index in [1.807, 2.05) is 7.05 Å². The number of hydrogen-bond acceptors (Lipinski definition) is 6. The lowest BCUT2D eigenvalue weighted by Gasteiger charge is -2.36. The molecule has 0 N–H and O–H groups in total. The molecule has 2 fully saturated rings. The molecule has 0 aliphatic carbocycles. The monoisotopic (exact) mass is 367 g/mol. The lowest BCUT2D eigenvalue weighted by Crippen LogP contribution is -2.46. The zero-order valence-corrected chi connectivity index (χ0v) is 15.1. The standard InChI is InChI=1S/C18H22ClNO5/c1-11(21)24-17-8-13-7-15(9-16(17)20(13)2)25-18(22)10-23-14-5-3-12(19)4-6-14/h3-6,13,15-17H,7-10H2,1-2H3. The molecule has 4 unspecified atom stereocenters. The molecule has 2 bridgehead atoms. The topological polar surface area (TPSA) is 65.1 Å². The third-order valence-corrected chi connectivity index (χ3v) is 5.11. The molecule has 7 heteroatoms. The zero-order valence-electron chi connectivity index (χ0n) is 14.3. The number of esters is 2. The van der Waals surface area contributed by atoms with Crippen molar-refractivity contribution >= 4 is 23.5 Å². The minimum absolute atomic E-state index is 0.0950. The van der Waals surface area contributed by atoms with Gasteiger partial charge in [0.25, 0.3) is 0 Å². The van der Waals surface area contributed by atoms with Crippen molar-refractivity contribution in [3.8, 4) is 5.75 Å². The Hall–Kier alpha value is -1.79.